The Kier molecular flexibility index (Phi) is 5.20. The van der Waals surface area contributed by atoms with E-state index >= 15 is 0 Å². The molecule has 7 rings (SSSR count). The van der Waals surface area contributed by atoms with Crippen molar-refractivity contribution in [2.75, 3.05) is 0 Å². The van der Waals surface area contributed by atoms with E-state index in [0.717, 1.165) is 21.5 Å². The topological polar surface area (TPSA) is 108 Å². The second-order valence-electron chi connectivity index (χ2n) is 7.90. The molecule has 0 fully saturated rings. The SMILES string of the molecule is [Mg+2].c1cc2nc3[n-]c(nc4cccc(nc5[n-]c(nc(c1)[nH+]2)c1ccccc51)[nH+]4)c1ccccc31. The minimum Gasteiger partial charge on any atom is -0.299 e. The molecule has 7 aromatic rings. The fourth-order valence-corrected chi connectivity index (χ4v) is 4.14. The number of fused-ring (bicyclic) bond motifs is 14. The molecule has 5 aromatic heterocycles. The van der Waals surface area contributed by atoms with Gasteiger partial charge in [0.15, 0.2) is 22.6 Å². The van der Waals surface area contributed by atoms with E-state index in [1.165, 1.54) is 0 Å². The van der Waals surface area contributed by atoms with Crippen molar-refractivity contribution in [2.45, 2.75) is 0 Å². The van der Waals surface area contributed by atoms with Gasteiger partial charge in [-0.1, -0.05) is 68.5 Å². The fourth-order valence-electron chi connectivity index (χ4n) is 4.14. The van der Waals surface area contributed by atoms with E-state index in [4.69, 9.17) is 29.9 Å². The summed E-state index contributed by atoms with van der Waals surface area (Å²) in [4.78, 5) is 35.1. The van der Waals surface area contributed by atoms with Gasteiger partial charge in [-0.15, -0.1) is 0 Å². The van der Waals surface area contributed by atoms with Gasteiger partial charge in [-0.2, -0.15) is 0 Å². The molecule has 0 unspecified atom stereocenters. The summed E-state index contributed by atoms with van der Waals surface area (Å²) < 4.78 is 0. The Balaban J connectivity index is 0.00000229. The van der Waals surface area contributed by atoms with Gasteiger partial charge < -0.3 is 0 Å². The van der Waals surface area contributed by atoms with Crippen molar-refractivity contribution in [1.29, 1.82) is 0 Å². The summed E-state index contributed by atoms with van der Waals surface area (Å²) in [6.07, 6.45) is 0. The van der Waals surface area contributed by atoms with Gasteiger partial charge in [0.2, 0.25) is 0 Å². The third-order valence-electron chi connectivity index (χ3n) is 5.68. The van der Waals surface area contributed by atoms with Crippen LogP contribution in [0.3, 0.4) is 0 Å². The predicted molar refractivity (Wildman–Crippen MR) is 135 cm³/mol. The Morgan fingerprint density at radius 1 is 0.400 bits per heavy atom. The van der Waals surface area contributed by atoms with Crippen LogP contribution in [0.2, 0.25) is 0 Å². The van der Waals surface area contributed by atoms with E-state index in [-0.39, 0.29) is 23.1 Å². The van der Waals surface area contributed by atoms with Gasteiger partial charge in [-0.05, 0) is 12.1 Å². The molecule has 2 N–H and O–H groups in total. The number of H-pyrrole nitrogens is 2. The number of pyridine rings is 2. The average molecular weight is 465 g/mol. The summed E-state index contributed by atoms with van der Waals surface area (Å²) in [7, 11) is 0. The van der Waals surface area contributed by atoms with Gasteiger partial charge in [0.1, 0.15) is 0 Å². The van der Waals surface area contributed by atoms with E-state index in [0.29, 0.717) is 45.2 Å². The molecule has 160 valence electrons. The largest absolute Gasteiger partial charge is 2.00 e. The van der Waals surface area contributed by atoms with Crippen molar-refractivity contribution in [3.8, 4) is 0 Å². The molecular formula is C26H16MgN8+2. The molecule has 0 atom stereocenters. The number of rotatable bonds is 0. The predicted octanol–water partition coefficient (Wildman–Crippen LogP) is 3.03. The van der Waals surface area contributed by atoms with Crippen molar-refractivity contribution in [1.82, 2.24) is 29.9 Å². The zero-order chi connectivity index (χ0) is 22.5. The maximum atomic E-state index is 4.78. The van der Waals surface area contributed by atoms with Crippen LogP contribution >= 0.6 is 0 Å². The second kappa shape index (κ2) is 8.53. The smallest absolute Gasteiger partial charge is 0.299 e. The number of aromatic nitrogens is 8. The van der Waals surface area contributed by atoms with Crippen LogP contribution in [0, 0.1) is 0 Å². The molecule has 0 saturated heterocycles. The molecule has 0 aliphatic heterocycles. The first kappa shape index (κ1) is 21.3. The molecule has 0 radical (unpaired) electrons. The fraction of sp³-hybridized carbons (Fsp3) is 0. The van der Waals surface area contributed by atoms with Crippen LogP contribution in [0.15, 0.2) is 84.9 Å². The van der Waals surface area contributed by atoms with E-state index in [1.807, 2.05) is 84.9 Å². The van der Waals surface area contributed by atoms with Gasteiger partial charge in [0.25, 0.3) is 22.6 Å². The molecule has 8 nitrogen and oxygen atoms in total. The van der Waals surface area contributed by atoms with E-state index in [2.05, 4.69) is 9.97 Å². The van der Waals surface area contributed by atoms with Crippen LogP contribution in [-0.4, -0.2) is 43.0 Å². The quantitative estimate of drug-likeness (QED) is 0.319. The minimum absolute atomic E-state index is 0. The van der Waals surface area contributed by atoms with Gasteiger partial charge in [-0.25, -0.2) is 9.97 Å². The standard InChI is InChI=1S/C26H14N8.Mg/c1-2-8-16-15(7-1)23-29-19-11-5-13-21(27-19)31-25-17-9-3-4-10-18(17)26(34-25)32-22-14-6-12-20(28-22)30-24(16)33-23;/h1-14H;/q-2;+2/p+2. The molecule has 35 heavy (non-hydrogen) atoms. The monoisotopic (exact) mass is 464 g/mol. The maximum absolute atomic E-state index is 4.78. The summed E-state index contributed by atoms with van der Waals surface area (Å²) >= 11 is 0. The Hall–Kier alpha value is -4.21. The maximum Gasteiger partial charge on any atom is 2.00 e. The molecule has 0 aliphatic carbocycles. The Morgan fingerprint density at radius 3 is 0.971 bits per heavy atom. The molecule has 0 aliphatic rings. The summed E-state index contributed by atoms with van der Waals surface area (Å²) in [5.74, 6) is 0. The number of nitrogens with one attached hydrogen (secondary N) is 2. The third kappa shape index (κ3) is 3.80. The number of hydrogen-bond donors (Lipinski definition) is 0. The van der Waals surface area contributed by atoms with Crippen molar-refractivity contribution >= 4 is 89.8 Å². The summed E-state index contributed by atoms with van der Waals surface area (Å²) in [5.41, 5.74) is 4.92. The molecule has 0 amide bonds. The minimum atomic E-state index is 0. The first-order chi connectivity index (χ1) is 16.8. The van der Waals surface area contributed by atoms with Crippen LogP contribution < -0.4 is 19.9 Å². The van der Waals surface area contributed by atoms with Crippen LogP contribution in [0.1, 0.15) is 0 Å². The molecule has 8 bridgehead atoms. The molecule has 5 heterocycles. The Bertz CT molecular complexity index is 1720. The second-order valence-corrected chi connectivity index (χ2v) is 7.90. The average Bonchev–Trinajstić information content (AvgIpc) is 3.37. The van der Waals surface area contributed by atoms with Crippen LogP contribution in [0.5, 0.6) is 0 Å². The van der Waals surface area contributed by atoms with E-state index < -0.39 is 0 Å². The van der Waals surface area contributed by atoms with E-state index in [1.54, 1.807) is 0 Å². The Morgan fingerprint density at radius 2 is 0.686 bits per heavy atom. The van der Waals surface area contributed by atoms with Crippen molar-refractivity contribution in [3.05, 3.63) is 84.9 Å². The molecule has 9 heteroatoms. The van der Waals surface area contributed by atoms with Crippen LogP contribution in [0.4, 0.5) is 0 Å². The zero-order valence-electron chi connectivity index (χ0n) is 18.5. The molecule has 0 spiro atoms. The van der Waals surface area contributed by atoms with Crippen molar-refractivity contribution in [2.24, 2.45) is 0 Å². The normalized spacial score (nSPS) is 11.2. The number of benzene rings is 2. The molecular weight excluding hydrogens is 449 g/mol. The van der Waals surface area contributed by atoms with Gasteiger partial charge in [-0.3, -0.25) is 9.97 Å². The van der Waals surface area contributed by atoms with Crippen molar-refractivity contribution < 1.29 is 9.97 Å². The van der Waals surface area contributed by atoms with Crippen molar-refractivity contribution in [3.63, 3.8) is 0 Å². The summed E-state index contributed by atoms with van der Waals surface area (Å²) in [6, 6.07) is 27.2. The van der Waals surface area contributed by atoms with Gasteiger partial charge in [0.05, 0.1) is 0 Å². The summed E-state index contributed by atoms with van der Waals surface area (Å²) in [6.45, 7) is 0. The summed E-state index contributed by atoms with van der Waals surface area (Å²) in [5, 5.41) is 3.70. The first-order valence-electron chi connectivity index (χ1n) is 10.8. The number of nitrogens with zero attached hydrogens (tertiary/aromatic N) is 6. The third-order valence-corrected chi connectivity index (χ3v) is 5.68. The molecule has 2 aromatic carbocycles. The number of hydrogen-bond acceptors (Lipinski definition) is 4. The van der Waals surface area contributed by atoms with Gasteiger partial charge >= 0.3 is 23.1 Å². The Labute approximate surface area is 214 Å². The van der Waals surface area contributed by atoms with Gasteiger partial charge in [0, 0.05) is 45.8 Å². The number of aromatic amines is 2. The van der Waals surface area contributed by atoms with E-state index in [9.17, 15) is 0 Å². The molecule has 0 saturated carbocycles. The first-order valence-corrected chi connectivity index (χ1v) is 10.8. The van der Waals surface area contributed by atoms with Crippen LogP contribution in [0.25, 0.3) is 66.7 Å². The zero-order valence-corrected chi connectivity index (χ0v) is 19.9. The van der Waals surface area contributed by atoms with Crippen LogP contribution in [-0.2, 0) is 0 Å².